The molecule has 0 radical (unpaired) electrons. The molecule has 0 saturated carbocycles. The fraction of sp³-hybridized carbons (Fsp3) is 0.100. The van der Waals surface area contributed by atoms with Gasteiger partial charge in [0.15, 0.2) is 12.0 Å². The lowest BCUT2D eigenvalue weighted by Crippen LogP contribution is -2.28. The summed E-state index contributed by atoms with van der Waals surface area (Å²) in [6.45, 7) is 0. The molecule has 0 bridgehead atoms. The summed E-state index contributed by atoms with van der Waals surface area (Å²) in [5.74, 6) is 0.295. The summed E-state index contributed by atoms with van der Waals surface area (Å²) in [6, 6.07) is 19.4. The van der Waals surface area contributed by atoms with E-state index < -0.39 is 0 Å². The highest BCUT2D eigenvalue weighted by Gasteiger charge is 2.19. The Hall–Kier alpha value is -2.59. The summed E-state index contributed by atoms with van der Waals surface area (Å²) < 4.78 is 0.789. The molecule has 0 N–H and O–H groups in total. The zero-order valence-electron chi connectivity index (χ0n) is 12.9. The van der Waals surface area contributed by atoms with Crippen LogP contribution in [0.4, 0.5) is 0 Å². The number of nitrogens with zero attached hydrogens (tertiary/aromatic N) is 1. The maximum absolute atomic E-state index is 12.5. The van der Waals surface area contributed by atoms with Crippen molar-refractivity contribution in [3.05, 3.63) is 88.8 Å². The number of rotatable bonds is 4. The fourth-order valence-corrected chi connectivity index (χ4v) is 3.85. The van der Waals surface area contributed by atoms with Crippen LogP contribution in [0.3, 0.4) is 0 Å². The van der Waals surface area contributed by atoms with Gasteiger partial charge in [-0.15, -0.1) is 0 Å². The number of benzene rings is 2. The molecule has 0 amide bonds. The lowest BCUT2D eigenvalue weighted by atomic mass is 10.0. The van der Waals surface area contributed by atoms with Crippen molar-refractivity contribution in [1.82, 2.24) is 0 Å². The topological polar surface area (TPSA) is 44.0 Å². The van der Waals surface area contributed by atoms with Crippen molar-refractivity contribution >= 4 is 17.5 Å². The van der Waals surface area contributed by atoms with E-state index >= 15 is 0 Å². The van der Waals surface area contributed by atoms with Gasteiger partial charge in [0.05, 0.1) is 5.75 Å². The maximum Gasteiger partial charge on any atom is 0.251 e. The second-order valence-corrected chi connectivity index (χ2v) is 6.78. The molecule has 118 valence electrons. The Morgan fingerprint density at radius 1 is 1.00 bits per heavy atom. The number of carbonyl (C=O) groups is 1. The van der Waals surface area contributed by atoms with E-state index in [1.54, 1.807) is 18.2 Å². The number of hydrogen-bond acceptors (Lipinski definition) is 3. The van der Waals surface area contributed by atoms with Crippen molar-refractivity contribution in [2.24, 2.45) is 0 Å². The highest BCUT2D eigenvalue weighted by molar-refractivity contribution is 7.99. The minimum Gasteiger partial charge on any atom is -0.618 e. The third kappa shape index (κ3) is 2.69. The van der Waals surface area contributed by atoms with Crippen molar-refractivity contribution in [3.8, 4) is 11.1 Å². The lowest BCUT2D eigenvalue weighted by molar-refractivity contribution is -0.645. The normalized spacial score (nSPS) is 11.8. The van der Waals surface area contributed by atoms with E-state index in [1.807, 2.05) is 30.3 Å². The second kappa shape index (κ2) is 6.13. The molecule has 3 aromatic rings. The van der Waals surface area contributed by atoms with Gasteiger partial charge in [-0.25, -0.2) is 0 Å². The first-order valence-electron chi connectivity index (χ1n) is 7.78. The third-order valence-corrected chi connectivity index (χ3v) is 5.28. The van der Waals surface area contributed by atoms with E-state index in [-0.39, 0.29) is 11.5 Å². The van der Waals surface area contributed by atoms with Gasteiger partial charge in [-0.1, -0.05) is 36.4 Å². The predicted octanol–water partition coefficient (Wildman–Crippen LogP) is 3.87. The fourth-order valence-electron chi connectivity index (χ4n) is 3.04. The van der Waals surface area contributed by atoms with E-state index in [4.69, 9.17) is 0 Å². The second-order valence-electron chi connectivity index (χ2n) is 5.78. The van der Waals surface area contributed by atoms with Crippen LogP contribution in [-0.4, -0.2) is 11.5 Å². The monoisotopic (exact) mass is 333 g/mol. The number of thioether (sulfide) groups is 1. The van der Waals surface area contributed by atoms with E-state index in [9.17, 15) is 10.0 Å². The molecule has 1 aliphatic carbocycles. The van der Waals surface area contributed by atoms with Gasteiger partial charge < -0.3 is 5.21 Å². The van der Waals surface area contributed by atoms with Gasteiger partial charge in [-0.3, -0.25) is 4.79 Å². The minimum absolute atomic E-state index is 0.0380. The number of hydrogen-bond donors (Lipinski definition) is 0. The first-order valence-corrected chi connectivity index (χ1v) is 8.76. The summed E-state index contributed by atoms with van der Waals surface area (Å²) in [5.41, 5.74) is 5.64. The summed E-state index contributed by atoms with van der Waals surface area (Å²) in [4.78, 5) is 12.5. The van der Waals surface area contributed by atoms with Gasteiger partial charge in [0.1, 0.15) is 0 Å². The molecule has 4 rings (SSSR count). The number of ketones is 1. The molecular weight excluding hydrogens is 318 g/mol. The van der Waals surface area contributed by atoms with Crippen molar-refractivity contribution in [2.45, 2.75) is 11.4 Å². The Bertz CT molecular complexity index is 936. The summed E-state index contributed by atoms with van der Waals surface area (Å²) in [6.07, 6.45) is 2.37. The average molecular weight is 333 g/mol. The van der Waals surface area contributed by atoms with Gasteiger partial charge >= 0.3 is 0 Å². The Kier molecular flexibility index (Phi) is 3.82. The molecule has 3 nitrogen and oxygen atoms in total. The zero-order chi connectivity index (χ0) is 16.5. The molecule has 2 aromatic carbocycles. The molecule has 1 aromatic heterocycles. The lowest BCUT2D eigenvalue weighted by Gasteiger charge is -2.06. The number of Topliss-reactive ketones (excluding diaryl/α,β-unsaturated/α-hetero) is 1. The van der Waals surface area contributed by atoms with Crippen LogP contribution in [0.5, 0.6) is 0 Å². The molecule has 4 heteroatoms. The Morgan fingerprint density at radius 3 is 2.67 bits per heavy atom. The largest absolute Gasteiger partial charge is 0.618 e. The van der Waals surface area contributed by atoms with Crippen LogP contribution >= 0.6 is 11.8 Å². The van der Waals surface area contributed by atoms with Gasteiger partial charge in [0.2, 0.25) is 0 Å². The SMILES string of the molecule is O=C(CSc1cccc[n+]1[O-])c1ccc2c(c1)-c1ccccc1C2. The Morgan fingerprint density at radius 2 is 1.79 bits per heavy atom. The van der Waals surface area contributed by atoms with Crippen LogP contribution in [0.25, 0.3) is 11.1 Å². The van der Waals surface area contributed by atoms with Gasteiger partial charge in [0, 0.05) is 17.7 Å². The highest BCUT2D eigenvalue weighted by atomic mass is 32.2. The number of pyridine rings is 1. The molecule has 0 saturated heterocycles. The third-order valence-electron chi connectivity index (χ3n) is 4.26. The number of carbonyl (C=O) groups excluding carboxylic acids is 1. The van der Waals surface area contributed by atoms with Crippen LogP contribution in [0.2, 0.25) is 0 Å². The summed E-state index contributed by atoms with van der Waals surface area (Å²) in [5, 5.41) is 12.2. The molecule has 24 heavy (non-hydrogen) atoms. The van der Waals surface area contributed by atoms with E-state index in [0.29, 0.717) is 10.6 Å². The molecule has 0 fully saturated rings. The quantitative estimate of drug-likeness (QED) is 0.246. The minimum atomic E-state index is 0.0380. The van der Waals surface area contributed by atoms with E-state index in [2.05, 4.69) is 12.1 Å². The van der Waals surface area contributed by atoms with Crippen LogP contribution in [0.1, 0.15) is 21.5 Å². The van der Waals surface area contributed by atoms with Gasteiger partial charge in [-0.2, -0.15) is 4.73 Å². The van der Waals surface area contributed by atoms with Crippen molar-refractivity contribution in [2.75, 3.05) is 5.75 Å². The standard InChI is InChI=1S/C20H15NO2S/c22-19(13-24-20-7-3-4-10-21(20)23)16-9-8-15-11-14-5-1-2-6-17(14)18(15)12-16/h1-10,12H,11,13H2. The Balaban J connectivity index is 1.56. The summed E-state index contributed by atoms with van der Waals surface area (Å²) >= 11 is 1.27. The van der Waals surface area contributed by atoms with Crippen LogP contribution < -0.4 is 4.73 Å². The molecule has 0 aliphatic heterocycles. The molecule has 0 spiro atoms. The molecule has 1 heterocycles. The van der Waals surface area contributed by atoms with Gasteiger partial charge in [0.25, 0.3) is 5.03 Å². The Labute approximate surface area is 144 Å². The van der Waals surface area contributed by atoms with Crippen LogP contribution in [-0.2, 0) is 6.42 Å². The highest BCUT2D eigenvalue weighted by Crippen LogP contribution is 2.37. The summed E-state index contributed by atoms with van der Waals surface area (Å²) in [7, 11) is 0. The van der Waals surface area contributed by atoms with Crippen molar-refractivity contribution in [3.63, 3.8) is 0 Å². The maximum atomic E-state index is 12.5. The van der Waals surface area contributed by atoms with Crippen LogP contribution in [0, 0.1) is 5.21 Å². The smallest absolute Gasteiger partial charge is 0.251 e. The first-order chi connectivity index (χ1) is 11.7. The number of fused-ring (bicyclic) bond motifs is 3. The molecule has 1 aliphatic rings. The van der Waals surface area contributed by atoms with E-state index in [0.717, 1.165) is 16.7 Å². The van der Waals surface area contributed by atoms with Crippen molar-refractivity contribution in [1.29, 1.82) is 0 Å². The zero-order valence-corrected chi connectivity index (χ0v) is 13.8. The molecular formula is C20H15NO2S. The predicted molar refractivity (Wildman–Crippen MR) is 95.1 cm³/mol. The molecule has 0 unspecified atom stereocenters. The average Bonchev–Trinajstić information content (AvgIpc) is 2.98. The molecule has 0 atom stereocenters. The van der Waals surface area contributed by atoms with E-state index in [1.165, 1.54) is 34.6 Å². The van der Waals surface area contributed by atoms with Gasteiger partial charge in [-0.05, 0) is 52.6 Å². The number of aromatic nitrogens is 1. The van der Waals surface area contributed by atoms with Crippen molar-refractivity contribution < 1.29 is 9.52 Å². The first kappa shape index (κ1) is 15.0. The van der Waals surface area contributed by atoms with Crippen LogP contribution in [0.15, 0.2) is 71.9 Å².